The van der Waals surface area contributed by atoms with Crippen LogP contribution in [-0.4, -0.2) is 59.2 Å². The van der Waals surface area contributed by atoms with Crippen LogP contribution in [-0.2, 0) is 33.4 Å². The van der Waals surface area contributed by atoms with Crippen molar-refractivity contribution in [2.45, 2.75) is 79.6 Å². The maximum absolute atomic E-state index is 12.6. The minimum Gasteiger partial charge on any atom is -0.478 e. The predicted molar refractivity (Wildman–Crippen MR) is 110 cm³/mol. The van der Waals surface area contributed by atoms with E-state index in [9.17, 15) is 24.0 Å². The second kappa shape index (κ2) is 12.3. The Morgan fingerprint density at radius 3 is 1.81 bits per heavy atom. The first-order valence-corrected chi connectivity index (χ1v) is 10.2. The Morgan fingerprint density at radius 2 is 1.39 bits per heavy atom. The lowest BCUT2D eigenvalue weighted by atomic mass is 9.95. The van der Waals surface area contributed by atoms with Crippen LogP contribution in [0.4, 0.5) is 4.79 Å². The molecule has 10 nitrogen and oxygen atoms in total. The van der Waals surface area contributed by atoms with Crippen LogP contribution in [0.1, 0.15) is 61.8 Å². The summed E-state index contributed by atoms with van der Waals surface area (Å²) < 4.78 is 15.2. The van der Waals surface area contributed by atoms with E-state index >= 15 is 0 Å². The molecule has 0 aromatic heterocycles. The van der Waals surface area contributed by atoms with Crippen LogP contribution >= 0.6 is 0 Å². The number of ether oxygens (including phenoxy) is 3. The van der Waals surface area contributed by atoms with Crippen LogP contribution in [0.25, 0.3) is 0 Å². The number of hydrogen-bond donors (Lipinski definition) is 2. The molecule has 0 aliphatic carbocycles. The van der Waals surface area contributed by atoms with E-state index in [2.05, 4.69) is 5.32 Å². The monoisotopic (exact) mass is 445 g/mol. The van der Waals surface area contributed by atoms with Crippen molar-refractivity contribution in [3.63, 3.8) is 0 Å². The molecule has 0 rings (SSSR count). The third-order valence-corrected chi connectivity index (χ3v) is 3.96. The fraction of sp³-hybridized carbons (Fsp3) is 0.762. The van der Waals surface area contributed by atoms with E-state index in [1.807, 2.05) is 0 Å². The van der Waals surface area contributed by atoms with Crippen LogP contribution in [0.15, 0.2) is 0 Å². The molecule has 0 aliphatic heterocycles. The van der Waals surface area contributed by atoms with Gasteiger partial charge in [0, 0.05) is 12.3 Å². The summed E-state index contributed by atoms with van der Waals surface area (Å²) in [6.07, 6.45) is -3.54. The lowest BCUT2D eigenvalue weighted by molar-refractivity contribution is -0.170. The van der Waals surface area contributed by atoms with Gasteiger partial charge in [0.2, 0.25) is 6.10 Å². The van der Waals surface area contributed by atoms with Crippen molar-refractivity contribution < 1.29 is 43.3 Å². The lowest BCUT2D eigenvalue weighted by Gasteiger charge is -2.23. The van der Waals surface area contributed by atoms with Gasteiger partial charge in [-0.1, -0.05) is 34.6 Å². The summed E-state index contributed by atoms with van der Waals surface area (Å²) >= 11 is 0. The Morgan fingerprint density at radius 1 is 0.871 bits per heavy atom. The number of aliphatic carboxylic acids is 1. The molecular weight excluding hydrogens is 410 g/mol. The van der Waals surface area contributed by atoms with Crippen LogP contribution in [0.5, 0.6) is 0 Å². The molecule has 1 amide bonds. The molecule has 3 unspecified atom stereocenters. The van der Waals surface area contributed by atoms with Gasteiger partial charge in [0.05, 0.1) is 5.92 Å². The van der Waals surface area contributed by atoms with Gasteiger partial charge in [-0.2, -0.15) is 0 Å². The van der Waals surface area contributed by atoms with E-state index in [4.69, 9.17) is 19.3 Å². The predicted octanol–water partition coefficient (Wildman–Crippen LogP) is 2.33. The first-order valence-electron chi connectivity index (χ1n) is 10.2. The molecule has 0 radical (unpaired) electrons. The fourth-order valence-electron chi connectivity index (χ4n) is 2.43. The summed E-state index contributed by atoms with van der Waals surface area (Å²) in [4.78, 5) is 59.6. The molecule has 2 N–H and O–H groups in total. The zero-order valence-corrected chi connectivity index (χ0v) is 19.5. The van der Waals surface area contributed by atoms with Crippen molar-refractivity contribution in [3.05, 3.63) is 0 Å². The molecule has 0 bridgehead atoms. The van der Waals surface area contributed by atoms with Crippen LogP contribution < -0.4 is 5.32 Å². The van der Waals surface area contributed by atoms with E-state index in [0.29, 0.717) is 0 Å². The number of alkyl carbamates (subject to hydrolysis) is 1. The number of hydrogen-bond acceptors (Lipinski definition) is 8. The van der Waals surface area contributed by atoms with Gasteiger partial charge in [-0.3, -0.25) is 14.4 Å². The molecule has 0 saturated carbocycles. The molecular formula is C21H35NO9. The van der Waals surface area contributed by atoms with E-state index in [1.165, 1.54) is 6.92 Å². The smallest absolute Gasteiger partial charge is 0.408 e. The third kappa shape index (κ3) is 11.4. The number of amides is 1. The molecule has 0 aromatic carbocycles. The normalized spacial score (nSPS) is 14.4. The summed E-state index contributed by atoms with van der Waals surface area (Å²) in [6.45, 7) is 12.5. The molecule has 0 fully saturated rings. The number of rotatable bonds is 11. The standard InChI is InChI=1S/C21H35NO9/c1-11(2)16(29-15(24)10-22-20(28)31-21(6,7)8)14(23)9-13(5)19(27)30-17(12(3)4)18(25)26/h11-13,16-17H,9-10H2,1-8H3,(H,22,28)(H,25,26). The zero-order chi connectivity index (χ0) is 24.5. The van der Waals surface area contributed by atoms with Gasteiger partial charge in [-0.25, -0.2) is 9.59 Å². The lowest BCUT2D eigenvalue weighted by Crippen LogP contribution is -2.40. The quantitative estimate of drug-likeness (QED) is 0.361. The molecule has 0 heterocycles. The first-order chi connectivity index (χ1) is 14.0. The first kappa shape index (κ1) is 28.4. The maximum Gasteiger partial charge on any atom is 0.408 e. The zero-order valence-electron chi connectivity index (χ0n) is 19.5. The summed E-state index contributed by atoms with van der Waals surface area (Å²) in [7, 11) is 0. The summed E-state index contributed by atoms with van der Waals surface area (Å²) in [6, 6.07) is 0. The molecule has 0 spiro atoms. The highest BCUT2D eigenvalue weighted by Gasteiger charge is 2.32. The van der Waals surface area contributed by atoms with E-state index < -0.39 is 66.0 Å². The average molecular weight is 446 g/mol. The molecule has 3 atom stereocenters. The van der Waals surface area contributed by atoms with Gasteiger partial charge in [0.25, 0.3) is 0 Å². The van der Waals surface area contributed by atoms with Gasteiger partial charge >= 0.3 is 24.0 Å². The number of carboxylic acid groups (broad SMARTS) is 1. The number of nitrogens with one attached hydrogen (secondary N) is 1. The largest absolute Gasteiger partial charge is 0.478 e. The van der Waals surface area contributed by atoms with E-state index in [-0.39, 0.29) is 12.3 Å². The van der Waals surface area contributed by atoms with Crippen molar-refractivity contribution in [3.8, 4) is 0 Å². The van der Waals surface area contributed by atoms with E-state index in [1.54, 1.807) is 48.5 Å². The number of carbonyl (C=O) groups is 5. The Balaban J connectivity index is 4.86. The minimum absolute atomic E-state index is 0.293. The topological polar surface area (TPSA) is 145 Å². The fourth-order valence-corrected chi connectivity index (χ4v) is 2.43. The SMILES string of the molecule is CC(CC(=O)C(OC(=O)CNC(=O)OC(C)(C)C)C(C)C)C(=O)OC(C(=O)O)C(C)C. The van der Waals surface area contributed by atoms with Crippen molar-refractivity contribution in [2.24, 2.45) is 17.8 Å². The second-order valence-corrected chi connectivity index (χ2v) is 9.02. The van der Waals surface area contributed by atoms with Gasteiger partial charge in [-0.05, 0) is 26.7 Å². The van der Waals surface area contributed by atoms with Crippen molar-refractivity contribution >= 4 is 29.8 Å². The van der Waals surface area contributed by atoms with Crippen molar-refractivity contribution in [1.29, 1.82) is 0 Å². The highest BCUT2D eigenvalue weighted by atomic mass is 16.6. The second-order valence-electron chi connectivity index (χ2n) is 9.02. The minimum atomic E-state index is -1.32. The van der Waals surface area contributed by atoms with E-state index in [0.717, 1.165) is 0 Å². The van der Waals surface area contributed by atoms with Crippen molar-refractivity contribution in [2.75, 3.05) is 6.54 Å². The number of carboxylic acids is 1. The van der Waals surface area contributed by atoms with Gasteiger partial charge in [0.1, 0.15) is 12.1 Å². The van der Waals surface area contributed by atoms with Crippen LogP contribution in [0, 0.1) is 17.8 Å². The molecule has 0 saturated heterocycles. The van der Waals surface area contributed by atoms with Gasteiger partial charge in [-0.15, -0.1) is 0 Å². The van der Waals surface area contributed by atoms with Crippen LogP contribution in [0.3, 0.4) is 0 Å². The van der Waals surface area contributed by atoms with Crippen LogP contribution in [0.2, 0.25) is 0 Å². The summed E-state index contributed by atoms with van der Waals surface area (Å²) in [5.74, 6) is -5.19. The molecule has 0 aromatic rings. The van der Waals surface area contributed by atoms with Gasteiger partial charge in [0.15, 0.2) is 11.9 Å². The number of carbonyl (C=O) groups excluding carboxylic acids is 4. The summed E-state index contributed by atoms with van der Waals surface area (Å²) in [5.41, 5.74) is -0.732. The Kier molecular flexibility index (Phi) is 11.2. The molecule has 10 heteroatoms. The summed E-state index contributed by atoms with van der Waals surface area (Å²) in [5, 5.41) is 11.4. The molecule has 0 aliphatic rings. The third-order valence-electron chi connectivity index (χ3n) is 3.96. The number of Topliss-reactive ketones (excluding diaryl/α,β-unsaturated/α-hetero) is 1. The average Bonchev–Trinajstić information content (AvgIpc) is 2.59. The molecule has 178 valence electrons. The maximum atomic E-state index is 12.6. The number of ketones is 1. The Hall–Kier alpha value is -2.65. The number of esters is 2. The highest BCUT2D eigenvalue weighted by molar-refractivity contribution is 5.90. The Labute approximate surface area is 183 Å². The van der Waals surface area contributed by atoms with Crippen molar-refractivity contribution in [1.82, 2.24) is 5.32 Å². The Bertz CT molecular complexity index is 664. The highest BCUT2D eigenvalue weighted by Crippen LogP contribution is 2.17. The van der Waals surface area contributed by atoms with Gasteiger partial charge < -0.3 is 24.6 Å². The molecule has 31 heavy (non-hydrogen) atoms.